The van der Waals surface area contributed by atoms with Crippen LogP contribution in [-0.2, 0) is 9.59 Å². The van der Waals surface area contributed by atoms with Crippen LogP contribution >= 0.6 is 0 Å². The minimum atomic E-state index is -0.405. The fourth-order valence-corrected chi connectivity index (χ4v) is 1.65. The Morgan fingerprint density at radius 2 is 1.00 bits per heavy atom. The number of nitrogens with one attached hydrogen (secondary N) is 2. The van der Waals surface area contributed by atoms with Crippen molar-refractivity contribution in [1.82, 2.24) is 0 Å². The molecule has 0 saturated carbocycles. The highest BCUT2D eigenvalue weighted by molar-refractivity contribution is 6.06. The third kappa shape index (κ3) is 4.68. The smallest absolute Gasteiger partial charge is 0.248 e. The van der Waals surface area contributed by atoms with Crippen LogP contribution in [-0.4, -0.2) is 11.8 Å². The number of nitrogen functional groups attached to an aromatic ring is 2. The van der Waals surface area contributed by atoms with Gasteiger partial charge in [-0.25, -0.2) is 0 Å². The summed E-state index contributed by atoms with van der Waals surface area (Å²) in [6, 6.07) is 13.4. The number of nitrogens with two attached hydrogens (primary N) is 2. The summed E-state index contributed by atoms with van der Waals surface area (Å²) in [5, 5.41) is 5.24. The molecule has 2 aromatic rings. The third-order valence-electron chi connectivity index (χ3n) is 2.74. The number of carbonyl (C=O) groups is 2. The summed E-state index contributed by atoms with van der Waals surface area (Å²) in [7, 11) is 0. The largest absolute Gasteiger partial charge is 0.399 e. The molecule has 112 valence electrons. The minimum Gasteiger partial charge on any atom is -0.399 e. The van der Waals surface area contributed by atoms with E-state index in [9.17, 15) is 9.59 Å². The van der Waals surface area contributed by atoms with E-state index in [2.05, 4.69) is 10.6 Å². The van der Waals surface area contributed by atoms with Gasteiger partial charge in [-0.15, -0.1) is 0 Å². The second-order valence-electron chi connectivity index (χ2n) is 4.56. The minimum absolute atomic E-state index is 0.405. The predicted octanol–water partition coefficient (Wildman–Crippen LogP) is 1.98. The highest BCUT2D eigenvalue weighted by atomic mass is 16.2. The van der Waals surface area contributed by atoms with Crippen LogP contribution in [0.5, 0.6) is 0 Å². The molecule has 0 fully saturated rings. The summed E-state index contributed by atoms with van der Waals surface area (Å²) < 4.78 is 0. The van der Waals surface area contributed by atoms with Crippen LogP contribution < -0.4 is 22.1 Å². The molecule has 6 nitrogen and oxygen atoms in total. The second kappa shape index (κ2) is 6.94. The average Bonchev–Trinajstić information content (AvgIpc) is 2.50. The molecule has 0 aliphatic rings. The Bertz CT molecular complexity index is 630. The molecule has 0 spiro atoms. The van der Waals surface area contributed by atoms with E-state index in [1.54, 1.807) is 48.5 Å². The Morgan fingerprint density at radius 1 is 0.682 bits per heavy atom. The summed E-state index contributed by atoms with van der Waals surface area (Å²) in [6.07, 6.45) is 2.31. The van der Waals surface area contributed by atoms with Gasteiger partial charge in [-0.3, -0.25) is 9.59 Å². The molecule has 0 aliphatic heterocycles. The number of anilines is 4. The Labute approximate surface area is 127 Å². The zero-order chi connectivity index (χ0) is 15.9. The Morgan fingerprint density at radius 3 is 1.32 bits per heavy atom. The molecule has 0 heterocycles. The average molecular weight is 296 g/mol. The van der Waals surface area contributed by atoms with Crippen molar-refractivity contribution in [1.29, 1.82) is 0 Å². The molecule has 22 heavy (non-hydrogen) atoms. The molecule has 0 unspecified atom stereocenters. The first-order valence-corrected chi connectivity index (χ1v) is 6.54. The summed E-state index contributed by atoms with van der Waals surface area (Å²) in [5.74, 6) is -0.811. The van der Waals surface area contributed by atoms with Gasteiger partial charge in [-0.05, 0) is 48.5 Å². The SMILES string of the molecule is Nc1ccc(NC(=O)/C=C\C(=O)Nc2ccc(N)cc2)cc1. The van der Waals surface area contributed by atoms with Gasteiger partial charge >= 0.3 is 0 Å². The van der Waals surface area contributed by atoms with Gasteiger partial charge in [0.15, 0.2) is 0 Å². The monoisotopic (exact) mass is 296 g/mol. The number of rotatable bonds is 4. The fraction of sp³-hybridized carbons (Fsp3) is 0. The van der Waals surface area contributed by atoms with Crippen LogP contribution in [0.2, 0.25) is 0 Å². The highest BCUT2D eigenvalue weighted by Crippen LogP contribution is 2.11. The van der Waals surface area contributed by atoms with E-state index in [-0.39, 0.29) is 0 Å². The van der Waals surface area contributed by atoms with Gasteiger partial charge in [-0.1, -0.05) is 0 Å². The first kappa shape index (κ1) is 15.1. The van der Waals surface area contributed by atoms with Gasteiger partial charge < -0.3 is 22.1 Å². The topological polar surface area (TPSA) is 110 Å². The van der Waals surface area contributed by atoms with Crippen molar-refractivity contribution < 1.29 is 9.59 Å². The van der Waals surface area contributed by atoms with E-state index >= 15 is 0 Å². The maximum absolute atomic E-state index is 11.7. The first-order chi connectivity index (χ1) is 10.5. The van der Waals surface area contributed by atoms with Gasteiger partial charge in [-0.2, -0.15) is 0 Å². The lowest BCUT2D eigenvalue weighted by Crippen LogP contribution is -2.12. The Kier molecular flexibility index (Phi) is 4.77. The first-order valence-electron chi connectivity index (χ1n) is 6.54. The predicted molar refractivity (Wildman–Crippen MR) is 88.1 cm³/mol. The zero-order valence-electron chi connectivity index (χ0n) is 11.7. The quantitative estimate of drug-likeness (QED) is 0.510. The van der Waals surface area contributed by atoms with Gasteiger partial charge in [0.1, 0.15) is 0 Å². The van der Waals surface area contributed by atoms with Crippen LogP contribution in [0, 0.1) is 0 Å². The summed E-state index contributed by atoms with van der Waals surface area (Å²) in [4.78, 5) is 23.3. The van der Waals surface area contributed by atoms with Gasteiger partial charge in [0.25, 0.3) is 0 Å². The lowest BCUT2D eigenvalue weighted by molar-refractivity contribution is -0.114. The molecule has 2 amide bonds. The van der Waals surface area contributed by atoms with Crippen molar-refractivity contribution in [2.75, 3.05) is 22.1 Å². The normalized spacial score (nSPS) is 10.4. The van der Waals surface area contributed by atoms with Crippen LogP contribution in [0.25, 0.3) is 0 Å². The summed E-state index contributed by atoms with van der Waals surface area (Å²) >= 11 is 0. The van der Waals surface area contributed by atoms with E-state index in [0.717, 1.165) is 12.2 Å². The number of hydrogen-bond donors (Lipinski definition) is 4. The van der Waals surface area contributed by atoms with Crippen molar-refractivity contribution in [2.45, 2.75) is 0 Å². The number of benzene rings is 2. The molecule has 0 bridgehead atoms. The van der Waals surface area contributed by atoms with Crippen LogP contribution in [0.1, 0.15) is 0 Å². The van der Waals surface area contributed by atoms with Crippen molar-refractivity contribution >= 4 is 34.6 Å². The number of amides is 2. The fourth-order valence-electron chi connectivity index (χ4n) is 1.65. The van der Waals surface area contributed by atoms with Gasteiger partial charge in [0, 0.05) is 34.9 Å². The highest BCUT2D eigenvalue weighted by Gasteiger charge is 2.01. The molecule has 0 saturated heterocycles. The molecular weight excluding hydrogens is 280 g/mol. The Balaban J connectivity index is 1.87. The number of carbonyl (C=O) groups excluding carboxylic acids is 2. The Hall–Kier alpha value is -3.28. The van der Waals surface area contributed by atoms with Gasteiger partial charge in [0.05, 0.1) is 0 Å². The standard InChI is InChI=1S/C16H16N4O2/c17-11-1-5-13(6-2-11)19-15(21)9-10-16(22)20-14-7-3-12(18)4-8-14/h1-10H,17-18H2,(H,19,21)(H,20,22)/b10-9-. The van der Waals surface area contributed by atoms with E-state index in [4.69, 9.17) is 11.5 Å². The maximum atomic E-state index is 11.7. The number of hydrogen-bond acceptors (Lipinski definition) is 4. The van der Waals surface area contributed by atoms with E-state index < -0.39 is 11.8 Å². The van der Waals surface area contributed by atoms with E-state index in [1.165, 1.54) is 0 Å². The van der Waals surface area contributed by atoms with Crippen LogP contribution in [0.4, 0.5) is 22.7 Å². The van der Waals surface area contributed by atoms with Crippen LogP contribution in [0.3, 0.4) is 0 Å². The van der Waals surface area contributed by atoms with E-state index in [0.29, 0.717) is 22.7 Å². The summed E-state index contributed by atoms with van der Waals surface area (Å²) in [5.41, 5.74) is 13.5. The lowest BCUT2D eigenvalue weighted by atomic mass is 10.3. The zero-order valence-corrected chi connectivity index (χ0v) is 11.7. The second-order valence-corrected chi connectivity index (χ2v) is 4.56. The third-order valence-corrected chi connectivity index (χ3v) is 2.74. The molecule has 2 aromatic carbocycles. The molecule has 0 atom stereocenters. The van der Waals surface area contributed by atoms with Gasteiger partial charge in [0.2, 0.25) is 11.8 Å². The molecule has 0 radical (unpaired) electrons. The molecule has 0 aromatic heterocycles. The molecule has 6 N–H and O–H groups in total. The van der Waals surface area contributed by atoms with E-state index in [1.807, 2.05) is 0 Å². The van der Waals surface area contributed by atoms with Crippen molar-refractivity contribution in [3.05, 3.63) is 60.7 Å². The molecule has 2 rings (SSSR count). The van der Waals surface area contributed by atoms with Crippen molar-refractivity contribution in [3.63, 3.8) is 0 Å². The van der Waals surface area contributed by atoms with Crippen LogP contribution in [0.15, 0.2) is 60.7 Å². The van der Waals surface area contributed by atoms with Crippen molar-refractivity contribution in [2.24, 2.45) is 0 Å². The summed E-state index contributed by atoms with van der Waals surface area (Å²) in [6.45, 7) is 0. The lowest BCUT2D eigenvalue weighted by Gasteiger charge is -2.03. The maximum Gasteiger partial charge on any atom is 0.248 e. The molecule has 0 aliphatic carbocycles. The van der Waals surface area contributed by atoms with Crippen molar-refractivity contribution in [3.8, 4) is 0 Å². The molecular formula is C16H16N4O2. The molecule has 6 heteroatoms.